The zero-order valence-electron chi connectivity index (χ0n) is 16.2. The molecule has 0 radical (unpaired) electrons. The highest BCUT2D eigenvalue weighted by molar-refractivity contribution is 6.07. The predicted octanol–water partition coefficient (Wildman–Crippen LogP) is 4.83. The lowest BCUT2D eigenvalue weighted by Crippen LogP contribution is -2.11. The van der Waals surface area contributed by atoms with E-state index >= 15 is 0 Å². The summed E-state index contributed by atoms with van der Waals surface area (Å²) in [5, 5.41) is 14.1. The molecule has 5 aromatic rings. The molecule has 0 atom stereocenters. The number of hydrogen-bond donors (Lipinski definition) is 1. The predicted molar refractivity (Wildman–Crippen MR) is 117 cm³/mol. The second-order valence-corrected chi connectivity index (χ2v) is 6.91. The van der Waals surface area contributed by atoms with Crippen LogP contribution in [0.1, 0.15) is 10.4 Å². The molecule has 30 heavy (non-hydrogen) atoms. The molecule has 4 aromatic carbocycles. The highest BCUT2D eigenvalue weighted by Crippen LogP contribution is 2.21. The minimum atomic E-state index is -0.164. The van der Waals surface area contributed by atoms with Crippen molar-refractivity contribution < 1.29 is 9.53 Å². The van der Waals surface area contributed by atoms with Gasteiger partial charge >= 0.3 is 0 Å². The molecule has 1 aromatic heterocycles. The van der Waals surface area contributed by atoms with E-state index in [1.54, 1.807) is 11.9 Å². The maximum atomic E-state index is 12.7. The van der Waals surface area contributed by atoms with Crippen molar-refractivity contribution in [3.63, 3.8) is 0 Å². The van der Waals surface area contributed by atoms with Gasteiger partial charge in [-0.25, -0.2) is 0 Å². The van der Waals surface area contributed by atoms with Crippen molar-refractivity contribution >= 4 is 33.4 Å². The lowest BCUT2D eigenvalue weighted by atomic mass is 10.1. The molecule has 5 rings (SSSR count). The third-order valence-corrected chi connectivity index (χ3v) is 4.95. The molecule has 6 heteroatoms. The summed E-state index contributed by atoms with van der Waals surface area (Å²) in [5.41, 5.74) is 3.54. The summed E-state index contributed by atoms with van der Waals surface area (Å²) in [5.74, 6) is 0.608. The molecule has 0 saturated heterocycles. The number of fused-ring (bicyclic) bond motifs is 2. The lowest BCUT2D eigenvalue weighted by Gasteiger charge is -2.06. The largest absolute Gasteiger partial charge is 0.497 e. The van der Waals surface area contributed by atoms with Gasteiger partial charge in [0.25, 0.3) is 5.91 Å². The zero-order chi connectivity index (χ0) is 20.5. The van der Waals surface area contributed by atoms with Crippen LogP contribution in [0.15, 0.2) is 84.9 Å². The Bertz CT molecular complexity index is 1370. The topological polar surface area (TPSA) is 69.0 Å². The maximum Gasteiger partial charge on any atom is 0.255 e. The molecule has 1 amide bonds. The van der Waals surface area contributed by atoms with Crippen molar-refractivity contribution in [1.82, 2.24) is 15.0 Å². The number of benzene rings is 4. The highest BCUT2D eigenvalue weighted by atomic mass is 16.5. The van der Waals surface area contributed by atoms with Crippen LogP contribution >= 0.6 is 0 Å². The first-order chi connectivity index (χ1) is 14.7. The first-order valence-electron chi connectivity index (χ1n) is 9.51. The summed E-state index contributed by atoms with van der Waals surface area (Å²) in [7, 11) is 1.63. The number of nitrogens with zero attached hydrogens (tertiary/aromatic N) is 3. The average Bonchev–Trinajstić information content (AvgIpc) is 3.22. The van der Waals surface area contributed by atoms with Gasteiger partial charge in [0.15, 0.2) is 0 Å². The van der Waals surface area contributed by atoms with E-state index in [9.17, 15) is 4.79 Å². The van der Waals surface area contributed by atoms with Crippen LogP contribution in [0.4, 0.5) is 5.69 Å². The Morgan fingerprint density at radius 3 is 2.40 bits per heavy atom. The molecule has 0 saturated carbocycles. The van der Waals surface area contributed by atoms with Crippen LogP contribution in [-0.4, -0.2) is 28.0 Å². The number of carbonyl (C=O) groups is 1. The van der Waals surface area contributed by atoms with E-state index < -0.39 is 0 Å². The molecular formula is C24H18N4O2. The SMILES string of the molecule is COc1ccc(-n2nc3ccc(NC(=O)c4ccc5ccccc5c4)cc3n2)cc1. The van der Waals surface area contributed by atoms with Crippen LogP contribution in [0.5, 0.6) is 5.75 Å². The molecule has 0 aliphatic heterocycles. The van der Waals surface area contributed by atoms with Crippen LogP contribution in [0.2, 0.25) is 0 Å². The van der Waals surface area contributed by atoms with E-state index in [2.05, 4.69) is 15.5 Å². The molecule has 0 spiro atoms. The van der Waals surface area contributed by atoms with Gasteiger partial charge in [-0.3, -0.25) is 4.79 Å². The van der Waals surface area contributed by atoms with E-state index in [0.29, 0.717) is 16.8 Å². The number of amides is 1. The van der Waals surface area contributed by atoms with Crippen LogP contribution in [-0.2, 0) is 0 Å². The fraction of sp³-hybridized carbons (Fsp3) is 0.0417. The Hall–Kier alpha value is -4.19. The van der Waals surface area contributed by atoms with Crippen molar-refractivity contribution in [3.8, 4) is 11.4 Å². The van der Waals surface area contributed by atoms with E-state index in [4.69, 9.17) is 4.74 Å². The quantitative estimate of drug-likeness (QED) is 0.474. The van der Waals surface area contributed by atoms with Gasteiger partial charge in [0, 0.05) is 11.3 Å². The van der Waals surface area contributed by atoms with Crippen molar-refractivity contribution in [2.24, 2.45) is 0 Å². The first-order valence-corrected chi connectivity index (χ1v) is 9.51. The molecule has 0 aliphatic carbocycles. The second-order valence-electron chi connectivity index (χ2n) is 6.91. The maximum absolute atomic E-state index is 12.7. The van der Waals surface area contributed by atoms with E-state index in [1.165, 1.54) is 0 Å². The number of rotatable bonds is 4. The van der Waals surface area contributed by atoms with E-state index in [0.717, 1.165) is 27.7 Å². The number of carbonyl (C=O) groups excluding carboxylic acids is 1. The fourth-order valence-corrected chi connectivity index (χ4v) is 3.36. The number of anilines is 1. The molecule has 146 valence electrons. The summed E-state index contributed by atoms with van der Waals surface area (Å²) in [6.45, 7) is 0. The van der Waals surface area contributed by atoms with Crippen molar-refractivity contribution in [2.75, 3.05) is 12.4 Å². The molecule has 0 fully saturated rings. The Balaban J connectivity index is 1.40. The van der Waals surface area contributed by atoms with E-state index in [-0.39, 0.29) is 5.91 Å². The molecule has 0 aliphatic rings. The summed E-state index contributed by atoms with van der Waals surface area (Å²) in [6.07, 6.45) is 0. The number of ether oxygens (including phenoxy) is 1. The van der Waals surface area contributed by atoms with Crippen LogP contribution in [0.25, 0.3) is 27.5 Å². The minimum absolute atomic E-state index is 0.164. The molecule has 0 unspecified atom stereocenters. The smallest absolute Gasteiger partial charge is 0.255 e. The fourth-order valence-electron chi connectivity index (χ4n) is 3.36. The standard InChI is InChI=1S/C24H18N4O2/c1-30-21-11-9-20(10-12-21)28-26-22-13-8-19(15-23(22)27-28)25-24(29)18-7-6-16-4-2-3-5-17(16)14-18/h2-15H,1H3,(H,25,29). The van der Waals surface area contributed by atoms with Gasteiger partial charge in [-0.15, -0.1) is 10.2 Å². The Kier molecular flexibility index (Phi) is 4.37. The molecular weight excluding hydrogens is 376 g/mol. The molecule has 0 bridgehead atoms. The Labute approximate surface area is 172 Å². The summed E-state index contributed by atoms with van der Waals surface area (Å²) >= 11 is 0. The average molecular weight is 394 g/mol. The van der Waals surface area contributed by atoms with Crippen molar-refractivity contribution in [1.29, 1.82) is 0 Å². The zero-order valence-corrected chi connectivity index (χ0v) is 16.2. The normalized spacial score (nSPS) is 11.0. The third-order valence-electron chi connectivity index (χ3n) is 4.95. The van der Waals surface area contributed by atoms with Crippen molar-refractivity contribution in [3.05, 3.63) is 90.5 Å². The highest BCUT2D eigenvalue weighted by Gasteiger charge is 2.10. The van der Waals surface area contributed by atoms with Crippen LogP contribution in [0.3, 0.4) is 0 Å². The van der Waals surface area contributed by atoms with Gasteiger partial charge < -0.3 is 10.1 Å². The monoisotopic (exact) mass is 394 g/mol. The van der Waals surface area contributed by atoms with Gasteiger partial charge in [0.05, 0.1) is 12.8 Å². The number of hydrogen-bond acceptors (Lipinski definition) is 4. The number of methoxy groups -OCH3 is 1. The minimum Gasteiger partial charge on any atom is -0.497 e. The summed E-state index contributed by atoms with van der Waals surface area (Å²) in [6, 6.07) is 26.6. The van der Waals surface area contributed by atoms with Gasteiger partial charge in [0.2, 0.25) is 0 Å². The van der Waals surface area contributed by atoms with Crippen LogP contribution < -0.4 is 10.1 Å². The number of nitrogens with one attached hydrogen (secondary N) is 1. The Morgan fingerprint density at radius 1 is 0.833 bits per heavy atom. The number of aromatic nitrogens is 3. The van der Waals surface area contributed by atoms with Gasteiger partial charge in [0.1, 0.15) is 16.8 Å². The molecule has 6 nitrogen and oxygen atoms in total. The Morgan fingerprint density at radius 2 is 1.60 bits per heavy atom. The summed E-state index contributed by atoms with van der Waals surface area (Å²) in [4.78, 5) is 14.3. The summed E-state index contributed by atoms with van der Waals surface area (Å²) < 4.78 is 5.19. The van der Waals surface area contributed by atoms with Crippen LogP contribution in [0, 0.1) is 0 Å². The van der Waals surface area contributed by atoms with E-state index in [1.807, 2.05) is 84.9 Å². The van der Waals surface area contributed by atoms with Gasteiger partial charge in [-0.1, -0.05) is 30.3 Å². The van der Waals surface area contributed by atoms with Gasteiger partial charge in [-0.2, -0.15) is 4.80 Å². The van der Waals surface area contributed by atoms with Crippen molar-refractivity contribution in [2.45, 2.75) is 0 Å². The van der Waals surface area contributed by atoms with Gasteiger partial charge in [-0.05, 0) is 65.4 Å². The molecule has 1 N–H and O–H groups in total. The third kappa shape index (κ3) is 3.35. The first kappa shape index (κ1) is 17.9. The molecule has 1 heterocycles. The lowest BCUT2D eigenvalue weighted by molar-refractivity contribution is 0.102. The second kappa shape index (κ2) is 7.33.